The third kappa shape index (κ3) is 3.60. The highest BCUT2D eigenvalue weighted by Gasteiger charge is 2.17. The van der Waals surface area contributed by atoms with Gasteiger partial charge in [0, 0.05) is 13.1 Å². The lowest BCUT2D eigenvalue weighted by atomic mass is 10.0. The van der Waals surface area contributed by atoms with Crippen LogP contribution in [-0.2, 0) is 0 Å². The smallest absolute Gasteiger partial charge is 0.314 e. The zero-order valence-corrected chi connectivity index (χ0v) is 8.34. The number of nitrogens with zero attached hydrogens (tertiary/aromatic N) is 1. The quantitative estimate of drug-likeness (QED) is 0.595. The maximum Gasteiger partial charge on any atom is 0.314 e. The molecule has 1 heterocycles. The molecule has 3 nitrogen and oxygen atoms in total. The van der Waals surface area contributed by atoms with Crippen molar-refractivity contribution in [1.29, 1.82) is 0 Å². The van der Waals surface area contributed by atoms with Gasteiger partial charge in [-0.15, -0.1) is 0 Å². The summed E-state index contributed by atoms with van der Waals surface area (Å²) in [5.74, 6) is 0.626. The minimum Gasteiger partial charge on any atom is -0.351 e. The maximum absolute atomic E-state index is 10.6. The van der Waals surface area contributed by atoms with Gasteiger partial charge in [0.1, 0.15) is 0 Å². The fourth-order valence-electron chi connectivity index (χ4n) is 1.39. The van der Waals surface area contributed by atoms with E-state index in [4.69, 9.17) is 5.73 Å². The predicted molar refractivity (Wildman–Crippen MR) is 50.9 cm³/mol. The van der Waals surface area contributed by atoms with E-state index in [0.29, 0.717) is 5.92 Å². The molecule has 1 aliphatic heterocycles. The van der Waals surface area contributed by atoms with Gasteiger partial charge in [0.25, 0.3) is 0 Å². The Balaban J connectivity index is 0.000000561. The number of hydrogen-bond acceptors (Lipinski definition) is 1. The first kappa shape index (κ1) is 11.3. The molecule has 2 N–H and O–H groups in total. The third-order valence-electron chi connectivity index (χ3n) is 1.97. The Kier molecular flexibility index (Phi) is 5.51. The predicted octanol–water partition coefficient (Wildman–Crippen LogP) is 1.82. The molecule has 3 heteroatoms. The van der Waals surface area contributed by atoms with Crippen LogP contribution in [0.5, 0.6) is 0 Å². The first-order valence-corrected chi connectivity index (χ1v) is 4.74. The standard InChI is InChI=1S/C7H14N2O.C2H6/c1-6-3-2-4-9(5-6)7(8)10;1-2/h6H,2-5H2,1H3,(H2,8,10);1-2H3. The van der Waals surface area contributed by atoms with Crippen LogP contribution in [0, 0.1) is 5.92 Å². The van der Waals surface area contributed by atoms with E-state index in [9.17, 15) is 4.79 Å². The van der Waals surface area contributed by atoms with Gasteiger partial charge < -0.3 is 10.6 Å². The van der Waals surface area contributed by atoms with Crippen LogP contribution in [0.15, 0.2) is 0 Å². The van der Waals surface area contributed by atoms with Crippen molar-refractivity contribution in [3.05, 3.63) is 0 Å². The summed E-state index contributed by atoms with van der Waals surface area (Å²) in [5, 5.41) is 0. The Labute approximate surface area is 74.9 Å². The molecule has 72 valence electrons. The molecule has 1 aliphatic rings. The summed E-state index contributed by atoms with van der Waals surface area (Å²) in [6, 6.07) is -0.272. The number of amides is 2. The number of nitrogens with two attached hydrogens (primary N) is 1. The molecule has 1 fully saturated rings. The second-order valence-corrected chi connectivity index (χ2v) is 3.03. The van der Waals surface area contributed by atoms with Gasteiger partial charge in [-0.2, -0.15) is 0 Å². The molecule has 1 saturated heterocycles. The fourth-order valence-corrected chi connectivity index (χ4v) is 1.39. The van der Waals surface area contributed by atoms with Crippen molar-refractivity contribution in [1.82, 2.24) is 4.90 Å². The van der Waals surface area contributed by atoms with Gasteiger partial charge in [-0.05, 0) is 18.8 Å². The van der Waals surface area contributed by atoms with Crippen LogP contribution in [0.3, 0.4) is 0 Å². The van der Waals surface area contributed by atoms with Crippen LogP contribution < -0.4 is 5.73 Å². The molecule has 0 radical (unpaired) electrons. The van der Waals surface area contributed by atoms with Crippen LogP contribution >= 0.6 is 0 Å². The number of rotatable bonds is 0. The monoisotopic (exact) mass is 172 g/mol. The summed E-state index contributed by atoms with van der Waals surface area (Å²) in [6.45, 7) is 7.84. The van der Waals surface area contributed by atoms with Gasteiger partial charge in [-0.1, -0.05) is 20.8 Å². The molecule has 0 spiro atoms. The van der Waals surface area contributed by atoms with Gasteiger partial charge >= 0.3 is 6.03 Å². The third-order valence-corrected chi connectivity index (χ3v) is 1.97. The van der Waals surface area contributed by atoms with Crippen molar-refractivity contribution < 1.29 is 4.79 Å². The molecule has 2 amide bonds. The second kappa shape index (κ2) is 5.86. The minimum atomic E-state index is -0.272. The lowest BCUT2D eigenvalue weighted by Gasteiger charge is -2.29. The molecule has 1 unspecified atom stereocenters. The minimum absolute atomic E-state index is 0.272. The summed E-state index contributed by atoms with van der Waals surface area (Å²) in [4.78, 5) is 12.4. The van der Waals surface area contributed by atoms with Gasteiger partial charge in [-0.25, -0.2) is 4.79 Å². The molecule has 1 atom stereocenters. The van der Waals surface area contributed by atoms with Gasteiger partial charge in [0.15, 0.2) is 0 Å². The molecule has 0 bridgehead atoms. The highest BCUT2D eigenvalue weighted by Crippen LogP contribution is 2.14. The number of carbonyl (C=O) groups is 1. The number of carbonyl (C=O) groups excluding carboxylic acids is 1. The Morgan fingerprint density at radius 3 is 2.42 bits per heavy atom. The van der Waals surface area contributed by atoms with Crippen LogP contribution in [0.4, 0.5) is 4.79 Å². The largest absolute Gasteiger partial charge is 0.351 e. The molecule has 0 aliphatic carbocycles. The van der Waals surface area contributed by atoms with Gasteiger partial charge in [0.2, 0.25) is 0 Å². The van der Waals surface area contributed by atoms with Crippen LogP contribution in [-0.4, -0.2) is 24.0 Å². The van der Waals surface area contributed by atoms with Crippen molar-refractivity contribution in [3.8, 4) is 0 Å². The van der Waals surface area contributed by atoms with Crippen LogP contribution in [0.1, 0.15) is 33.6 Å². The zero-order chi connectivity index (χ0) is 9.56. The molecular formula is C9H20N2O. The van der Waals surface area contributed by atoms with Crippen molar-refractivity contribution in [2.45, 2.75) is 33.6 Å². The molecule has 0 aromatic rings. The number of hydrogen-bond donors (Lipinski definition) is 1. The van der Waals surface area contributed by atoms with Crippen molar-refractivity contribution in [2.24, 2.45) is 11.7 Å². The van der Waals surface area contributed by atoms with E-state index in [1.807, 2.05) is 13.8 Å². The normalized spacial score (nSPS) is 22.6. The fraction of sp³-hybridized carbons (Fsp3) is 0.889. The number of piperidine rings is 1. The highest BCUT2D eigenvalue weighted by atomic mass is 16.2. The number of urea groups is 1. The lowest BCUT2D eigenvalue weighted by Crippen LogP contribution is -2.42. The Hall–Kier alpha value is -0.730. The molecule has 0 saturated carbocycles. The van der Waals surface area contributed by atoms with Crippen molar-refractivity contribution >= 4 is 6.03 Å². The van der Waals surface area contributed by atoms with E-state index in [1.54, 1.807) is 4.90 Å². The summed E-state index contributed by atoms with van der Waals surface area (Å²) in [6.07, 6.45) is 2.33. The highest BCUT2D eigenvalue weighted by molar-refractivity contribution is 5.72. The van der Waals surface area contributed by atoms with Crippen LogP contribution in [0.25, 0.3) is 0 Å². The van der Waals surface area contributed by atoms with Gasteiger partial charge in [0.05, 0.1) is 0 Å². The van der Waals surface area contributed by atoms with Crippen LogP contribution in [0.2, 0.25) is 0 Å². The summed E-state index contributed by atoms with van der Waals surface area (Å²) >= 11 is 0. The van der Waals surface area contributed by atoms with E-state index in [1.165, 1.54) is 6.42 Å². The van der Waals surface area contributed by atoms with Gasteiger partial charge in [-0.3, -0.25) is 0 Å². The first-order valence-electron chi connectivity index (χ1n) is 4.74. The van der Waals surface area contributed by atoms with E-state index >= 15 is 0 Å². The van der Waals surface area contributed by atoms with E-state index in [2.05, 4.69) is 6.92 Å². The number of likely N-dealkylation sites (tertiary alicyclic amines) is 1. The first-order chi connectivity index (χ1) is 5.70. The summed E-state index contributed by atoms with van der Waals surface area (Å²) in [5.41, 5.74) is 5.12. The SMILES string of the molecule is CC.CC1CCCN(C(N)=O)C1. The lowest BCUT2D eigenvalue weighted by molar-refractivity contribution is 0.178. The van der Waals surface area contributed by atoms with E-state index < -0.39 is 0 Å². The zero-order valence-electron chi connectivity index (χ0n) is 8.34. The Morgan fingerprint density at radius 2 is 2.08 bits per heavy atom. The van der Waals surface area contributed by atoms with Crippen molar-refractivity contribution in [3.63, 3.8) is 0 Å². The van der Waals surface area contributed by atoms with E-state index in [0.717, 1.165) is 19.5 Å². The topological polar surface area (TPSA) is 46.3 Å². The molecule has 1 rings (SSSR count). The average Bonchev–Trinajstić information content (AvgIpc) is 2.08. The number of primary amides is 1. The Morgan fingerprint density at radius 1 is 1.50 bits per heavy atom. The molecular weight excluding hydrogens is 152 g/mol. The second-order valence-electron chi connectivity index (χ2n) is 3.03. The Bertz CT molecular complexity index is 136. The maximum atomic E-state index is 10.6. The summed E-state index contributed by atoms with van der Waals surface area (Å²) in [7, 11) is 0. The summed E-state index contributed by atoms with van der Waals surface area (Å²) < 4.78 is 0. The average molecular weight is 172 g/mol. The molecule has 0 aromatic heterocycles. The van der Waals surface area contributed by atoms with Crippen molar-refractivity contribution in [2.75, 3.05) is 13.1 Å². The van der Waals surface area contributed by atoms with E-state index in [-0.39, 0.29) is 6.03 Å². The molecule has 12 heavy (non-hydrogen) atoms. The molecule has 0 aromatic carbocycles.